The molecule has 0 radical (unpaired) electrons. The van der Waals surface area contributed by atoms with Crippen LogP contribution in [0.2, 0.25) is 0 Å². The summed E-state index contributed by atoms with van der Waals surface area (Å²) in [5.41, 5.74) is 5.58. The van der Waals surface area contributed by atoms with Gasteiger partial charge in [-0.2, -0.15) is 0 Å². The lowest BCUT2D eigenvalue weighted by Crippen LogP contribution is -2.45. The Balaban J connectivity index is 0.890. The average molecular weight is 1010 g/mol. The van der Waals surface area contributed by atoms with Crippen molar-refractivity contribution in [2.45, 2.75) is 31.9 Å². The van der Waals surface area contributed by atoms with Gasteiger partial charge in [-0.05, 0) is 132 Å². The SMILES string of the molecule is O=C(NCCc1ccc(F)cc1)C1CN(C(=O)c2ccc(-c3ccc(C(=O)N4CC(C(=O)NCCc5ccc(F)cc5)[C@H](C(=O)NCCc5ccc(F)cc5)C4)cc3)cc2)CC1[C@@H](O)NCCc1ccc(F)cc1. The highest BCUT2D eigenvalue weighted by atomic mass is 19.1. The van der Waals surface area contributed by atoms with Crippen LogP contribution in [-0.4, -0.2) is 103 Å². The van der Waals surface area contributed by atoms with E-state index in [4.69, 9.17) is 0 Å². The zero-order valence-corrected chi connectivity index (χ0v) is 40.6. The van der Waals surface area contributed by atoms with E-state index in [1.165, 1.54) is 53.4 Å². The van der Waals surface area contributed by atoms with E-state index in [9.17, 15) is 46.6 Å². The quantitative estimate of drug-likeness (QED) is 0.0431. The lowest BCUT2D eigenvalue weighted by atomic mass is 9.93. The van der Waals surface area contributed by atoms with Crippen LogP contribution < -0.4 is 21.3 Å². The number of carbonyl (C=O) groups excluding carboxylic acids is 5. The summed E-state index contributed by atoms with van der Waals surface area (Å²) >= 11 is 0. The summed E-state index contributed by atoms with van der Waals surface area (Å²) < 4.78 is 53.8. The van der Waals surface area contributed by atoms with Crippen LogP contribution in [0.3, 0.4) is 0 Å². The van der Waals surface area contributed by atoms with Gasteiger partial charge in [0.2, 0.25) is 17.7 Å². The molecule has 0 aliphatic carbocycles. The second-order valence-corrected chi connectivity index (χ2v) is 18.8. The third kappa shape index (κ3) is 13.9. The van der Waals surface area contributed by atoms with E-state index in [1.807, 2.05) is 0 Å². The molecule has 2 aliphatic rings. The number of rotatable bonds is 20. The summed E-state index contributed by atoms with van der Waals surface area (Å²) in [5, 5.41) is 23.2. The predicted octanol–water partition coefficient (Wildman–Crippen LogP) is 6.51. The fraction of sp³-hybridized carbons (Fsp3) is 0.293. The van der Waals surface area contributed by atoms with Crippen molar-refractivity contribution < 1.29 is 46.6 Å². The van der Waals surface area contributed by atoms with Gasteiger partial charge in [0.1, 0.15) is 29.5 Å². The molecular formula is C58H58F4N6O6. The number of halogens is 4. The molecule has 2 saturated heterocycles. The maximum Gasteiger partial charge on any atom is 0.253 e. The van der Waals surface area contributed by atoms with E-state index in [-0.39, 0.29) is 98.6 Å². The predicted molar refractivity (Wildman–Crippen MR) is 271 cm³/mol. The highest BCUT2D eigenvalue weighted by Gasteiger charge is 2.44. The summed E-state index contributed by atoms with van der Waals surface area (Å²) in [6.07, 6.45) is 0.699. The Hall–Kier alpha value is -7.69. The van der Waals surface area contributed by atoms with Gasteiger partial charge in [-0.25, -0.2) is 17.6 Å². The van der Waals surface area contributed by atoms with Gasteiger partial charge in [-0.3, -0.25) is 29.3 Å². The van der Waals surface area contributed by atoms with E-state index >= 15 is 0 Å². The first-order chi connectivity index (χ1) is 35.8. The van der Waals surface area contributed by atoms with Gasteiger partial charge in [0.05, 0.1) is 17.8 Å². The molecule has 0 saturated carbocycles. The number of nitrogens with one attached hydrogen (secondary N) is 4. The molecule has 0 aromatic heterocycles. The lowest BCUT2D eigenvalue weighted by Gasteiger charge is -2.24. The van der Waals surface area contributed by atoms with Crippen molar-refractivity contribution in [2.24, 2.45) is 23.7 Å². The smallest absolute Gasteiger partial charge is 0.253 e. The lowest BCUT2D eigenvalue weighted by molar-refractivity contribution is -0.132. The van der Waals surface area contributed by atoms with Gasteiger partial charge in [0, 0.05) is 69.4 Å². The van der Waals surface area contributed by atoms with Crippen molar-refractivity contribution in [3.63, 3.8) is 0 Å². The van der Waals surface area contributed by atoms with E-state index in [2.05, 4.69) is 21.3 Å². The molecule has 3 unspecified atom stereocenters. The molecule has 12 nitrogen and oxygen atoms in total. The molecule has 6 aromatic carbocycles. The molecule has 384 valence electrons. The Morgan fingerprint density at radius 3 is 1.07 bits per heavy atom. The second-order valence-electron chi connectivity index (χ2n) is 18.8. The minimum atomic E-state index is -1.14. The number of hydrogen-bond donors (Lipinski definition) is 5. The number of amides is 5. The molecule has 2 aliphatic heterocycles. The zero-order chi connectivity index (χ0) is 52.1. The van der Waals surface area contributed by atoms with Crippen LogP contribution in [-0.2, 0) is 40.1 Å². The fourth-order valence-electron chi connectivity index (χ4n) is 9.57. The first kappa shape index (κ1) is 52.6. The molecule has 0 spiro atoms. The Labute approximate surface area is 427 Å². The van der Waals surface area contributed by atoms with Gasteiger partial charge < -0.3 is 30.9 Å². The van der Waals surface area contributed by atoms with Crippen LogP contribution in [0.4, 0.5) is 17.6 Å². The molecule has 6 aromatic rings. The van der Waals surface area contributed by atoms with Crippen LogP contribution in [0, 0.1) is 46.9 Å². The Morgan fingerprint density at radius 2 is 0.716 bits per heavy atom. The molecule has 0 bridgehead atoms. The fourth-order valence-corrected chi connectivity index (χ4v) is 9.57. The summed E-state index contributed by atoms with van der Waals surface area (Å²) in [7, 11) is 0. The summed E-state index contributed by atoms with van der Waals surface area (Å²) in [5.74, 6) is -6.29. The summed E-state index contributed by atoms with van der Waals surface area (Å²) in [6, 6.07) is 37.8. The minimum Gasteiger partial charge on any atom is -0.378 e. The number of likely N-dealkylation sites (tertiary alicyclic amines) is 2. The maximum absolute atomic E-state index is 14.0. The topological polar surface area (TPSA) is 160 Å². The Kier molecular flexibility index (Phi) is 17.7. The number of hydrogen-bond acceptors (Lipinski definition) is 7. The summed E-state index contributed by atoms with van der Waals surface area (Å²) in [4.78, 5) is 72.0. The number of aliphatic hydroxyl groups excluding tert-OH is 1. The van der Waals surface area contributed by atoms with E-state index < -0.39 is 29.9 Å². The van der Waals surface area contributed by atoms with Crippen LogP contribution in [0.25, 0.3) is 11.1 Å². The molecule has 2 fully saturated rings. The van der Waals surface area contributed by atoms with E-state index in [0.717, 1.165) is 33.4 Å². The highest BCUT2D eigenvalue weighted by molar-refractivity contribution is 5.98. The number of aliphatic hydroxyl groups is 1. The van der Waals surface area contributed by atoms with Crippen LogP contribution in [0.5, 0.6) is 0 Å². The zero-order valence-electron chi connectivity index (χ0n) is 40.6. The minimum absolute atomic E-state index is 0.00218. The van der Waals surface area contributed by atoms with Crippen LogP contribution >= 0.6 is 0 Å². The third-order valence-electron chi connectivity index (χ3n) is 13.8. The molecule has 74 heavy (non-hydrogen) atoms. The van der Waals surface area contributed by atoms with Crippen molar-refractivity contribution in [1.82, 2.24) is 31.1 Å². The van der Waals surface area contributed by atoms with Gasteiger partial charge in [-0.1, -0.05) is 72.8 Å². The molecule has 5 amide bonds. The van der Waals surface area contributed by atoms with Crippen molar-refractivity contribution in [2.75, 3.05) is 52.4 Å². The molecule has 16 heteroatoms. The maximum atomic E-state index is 14.0. The third-order valence-corrected chi connectivity index (χ3v) is 13.8. The average Bonchev–Trinajstić information content (AvgIpc) is 4.08. The molecule has 8 rings (SSSR count). The number of benzene rings is 6. The number of nitrogens with zero attached hydrogens (tertiary/aromatic N) is 2. The molecule has 5 N–H and O–H groups in total. The van der Waals surface area contributed by atoms with Crippen LogP contribution in [0.15, 0.2) is 146 Å². The second kappa shape index (κ2) is 24.8. The largest absolute Gasteiger partial charge is 0.378 e. The van der Waals surface area contributed by atoms with E-state index in [0.29, 0.717) is 43.4 Å². The van der Waals surface area contributed by atoms with Gasteiger partial charge in [-0.15, -0.1) is 0 Å². The number of carbonyl (C=O) groups is 5. The van der Waals surface area contributed by atoms with Crippen molar-refractivity contribution >= 4 is 29.5 Å². The Bertz CT molecular complexity index is 2800. The van der Waals surface area contributed by atoms with Crippen molar-refractivity contribution in [1.29, 1.82) is 0 Å². The molecule has 2 heterocycles. The van der Waals surface area contributed by atoms with E-state index in [1.54, 1.807) is 102 Å². The van der Waals surface area contributed by atoms with Gasteiger partial charge in [0.25, 0.3) is 11.8 Å². The first-order valence-electron chi connectivity index (χ1n) is 24.8. The summed E-state index contributed by atoms with van der Waals surface area (Å²) in [6.45, 7) is 1.26. The normalized spacial score (nSPS) is 17.7. The van der Waals surface area contributed by atoms with Crippen molar-refractivity contribution in [3.8, 4) is 11.1 Å². The Morgan fingerprint density at radius 1 is 0.419 bits per heavy atom. The standard InChI is InChI=1S/C58H58F4N6O6/c59-45-17-1-37(2-18-45)25-29-63-53(69)49-33-67(34-50(49)54(70)64-30-26-38-3-19-46(60)20-4-38)57(73)43-13-9-41(10-14-43)42-11-15-44(16-12-42)58(74)68-35-51(55(71)65-31-27-39-5-21-47(61)22-6-39)52(36-68)56(72)66-32-28-40-7-23-48(62)24-8-40/h1-24,49-53,63,69H,25-36H2,(H,64,70)(H,65,71)(H,66,72)/t49?,50?,51-,52?,53-/m1/s1. The van der Waals surface area contributed by atoms with Gasteiger partial charge >= 0.3 is 0 Å². The molecule has 5 atom stereocenters. The monoisotopic (exact) mass is 1010 g/mol. The molecular weight excluding hydrogens is 953 g/mol. The van der Waals surface area contributed by atoms with Crippen molar-refractivity contribution in [3.05, 3.63) is 202 Å². The first-order valence-corrected chi connectivity index (χ1v) is 24.8. The van der Waals surface area contributed by atoms with Gasteiger partial charge in [0.15, 0.2) is 0 Å². The highest BCUT2D eigenvalue weighted by Crippen LogP contribution is 2.30. The van der Waals surface area contributed by atoms with Crippen LogP contribution in [0.1, 0.15) is 43.0 Å².